The first-order chi connectivity index (χ1) is 9.60. The van der Waals surface area contributed by atoms with Crippen LogP contribution in [0.4, 0.5) is 0 Å². The SMILES string of the molecule is CCN(C)C(=O)c1ccc(CSc2nc(C)cs2)cc1. The van der Waals surface area contributed by atoms with E-state index in [1.54, 1.807) is 28.0 Å². The number of carbonyl (C=O) groups is 1. The molecule has 1 heterocycles. The molecule has 5 heteroatoms. The molecule has 20 heavy (non-hydrogen) atoms. The van der Waals surface area contributed by atoms with Gasteiger partial charge < -0.3 is 4.90 Å². The smallest absolute Gasteiger partial charge is 0.253 e. The normalized spacial score (nSPS) is 10.6. The molecule has 0 saturated heterocycles. The third-order valence-corrected chi connectivity index (χ3v) is 5.19. The van der Waals surface area contributed by atoms with Gasteiger partial charge in [0.2, 0.25) is 0 Å². The molecule has 0 spiro atoms. The summed E-state index contributed by atoms with van der Waals surface area (Å²) in [5, 5.41) is 2.06. The Morgan fingerprint density at radius 1 is 1.35 bits per heavy atom. The van der Waals surface area contributed by atoms with Gasteiger partial charge in [-0.1, -0.05) is 23.9 Å². The fourth-order valence-electron chi connectivity index (χ4n) is 1.65. The Balaban J connectivity index is 1.96. The molecule has 0 fully saturated rings. The van der Waals surface area contributed by atoms with E-state index in [1.165, 1.54) is 5.56 Å². The van der Waals surface area contributed by atoms with Crippen LogP contribution in [-0.2, 0) is 5.75 Å². The molecule has 0 aliphatic carbocycles. The molecule has 0 aliphatic heterocycles. The van der Waals surface area contributed by atoms with Crippen molar-refractivity contribution in [2.45, 2.75) is 23.9 Å². The highest BCUT2D eigenvalue weighted by Crippen LogP contribution is 2.26. The Hall–Kier alpha value is -1.33. The third kappa shape index (κ3) is 3.84. The van der Waals surface area contributed by atoms with Gasteiger partial charge in [-0.25, -0.2) is 4.98 Å². The van der Waals surface area contributed by atoms with Gasteiger partial charge in [-0.3, -0.25) is 4.79 Å². The van der Waals surface area contributed by atoms with E-state index in [9.17, 15) is 4.79 Å². The van der Waals surface area contributed by atoms with Crippen LogP contribution in [0, 0.1) is 6.92 Å². The van der Waals surface area contributed by atoms with Gasteiger partial charge in [-0.2, -0.15) is 0 Å². The summed E-state index contributed by atoms with van der Waals surface area (Å²) < 4.78 is 1.09. The molecule has 0 saturated carbocycles. The molecule has 2 rings (SSSR count). The predicted molar refractivity (Wildman–Crippen MR) is 85.5 cm³/mol. The van der Waals surface area contributed by atoms with Crippen LogP contribution in [0.5, 0.6) is 0 Å². The fourth-order valence-corrected chi connectivity index (χ4v) is 3.46. The van der Waals surface area contributed by atoms with E-state index in [0.717, 1.165) is 27.9 Å². The molecule has 1 amide bonds. The van der Waals surface area contributed by atoms with Gasteiger partial charge >= 0.3 is 0 Å². The molecular formula is C15H18N2OS2. The summed E-state index contributed by atoms with van der Waals surface area (Å²) in [6.07, 6.45) is 0. The lowest BCUT2D eigenvalue weighted by atomic mass is 10.1. The van der Waals surface area contributed by atoms with Crippen molar-refractivity contribution in [3.8, 4) is 0 Å². The lowest BCUT2D eigenvalue weighted by molar-refractivity contribution is 0.0802. The number of amides is 1. The highest BCUT2D eigenvalue weighted by molar-refractivity contribution is 8.00. The number of rotatable bonds is 5. The average molecular weight is 306 g/mol. The summed E-state index contributed by atoms with van der Waals surface area (Å²) in [6.45, 7) is 4.70. The van der Waals surface area contributed by atoms with Crippen LogP contribution < -0.4 is 0 Å². The van der Waals surface area contributed by atoms with Crippen LogP contribution in [0.25, 0.3) is 0 Å². The number of benzene rings is 1. The highest BCUT2D eigenvalue weighted by atomic mass is 32.2. The summed E-state index contributed by atoms with van der Waals surface area (Å²) in [6, 6.07) is 7.84. The molecule has 106 valence electrons. The molecule has 1 aromatic carbocycles. The number of hydrogen-bond acceptors (Lipinski definition) is 4. The second-order valence-electron chi connectivity index (χ2n) is 4.56. The van der Waals surface area contributed by atoms with Crippen molar-refractivity contribution in [3.05, 3.63) is 46.5 Å². The standard InChI is InChI=1S/C15H18N2OS2/c1-4-17(3)14(18)13-7-5-12(6-8-13)10-20-15-16-11(2)9-19-15/h5-9H,4,10H2,1-3H3. The number of nitrogens with zero attached hydrogens (tertiary/aromatic N) is 2. The average Bonchev–Trinajstić information content (AvgIpc) is 2.89. The van der Waals surface area contributed by atoms with Crippen LogP contribution >= 0.6 is 23.1 Å². The predicted octanol–water partition coefficient (Wildman–Crippen LogP) is 3.84. The summed E-state index contributed by atoms with van der Waals surface area (Å²) in [5.41, 5.74) is 3.02. The Labute approximate surface area is 128 Å². The van der Waals surface area contributed by atoms with E-state index in [1.807, 2.05) is 45.2 Å². The number of hydrogen-bond donors (Lipinski definition) is 0. The van der Waals surface area contributed by atoms with Crippen LogP contribution in [0.1, 0.15) is 28.5 Å². The molecule has 0 N–H and O–H groups in total. The second kappa shape index (κ2) is 6.90. The maximum atomic E-state index is 12.0. The number of thiazole rings is 1. The Bertz CT molecular complexity index is 578. The minimum atomic E-state index is 0.0715. The van der Waals surface area contributed by atoms with E-state index < -0.39 is 0 Å². The first-order valence-electron chi connectivity index (χ1n) is 6.49. The summed E-state index contributed by atoms with van der Waals surface area (Å²) in [5.74, 6) is 0.952. The number of thioether (sulfide) groups is 1. The maximum absolute atomic E-state index is 12.0. The first kappa shape index (κ1) is 15.1. The van der Waals surface area contributed by atoms with Crippen molar-refractivity contribution in [1.29, 1.82) is 0 Å². The topological polar surface area (TPSA) is 33.2 Å². The van der Waals surface area contributed by atoms with E-state index >= 15 is 0 Å². The summed E-state index contributed by atoms with van der Waals surface area (Å²) >= 11 is 3.41. The van der Waals surface area contributed by atoms with Gasteiger partial charge in [-0.15, -0.1) is 11.3 Å². The molecule has 3 nitrogen and oxygen atoms in total. The van der Waals surface area contributed by atoms with E-state index in [4.69, 9.17) is 0 Å². The van der Waals surface area contributed by atoms with E-state index in [2.05, 4.69) is 10.4 Å². The number of carbonyl (C=O) groups excluding carboxylic acids is 1. The Kier molecular flexibility index (Phi) is 5.20. The summed E-state index contributed by atoms with van der Waals surface area (Å²) in [7, 11) is 1.82. The van der Waals surface area contributed by atoms with Crippen LogP contribution in [0.2, 0.25) is 0 Å². The van der Waals surface area contributed by atoms with Crippen LogP contribution in [-0.4, -0.2) is 29.4 Å². The summed E-state index contributed by atoms with van der Waals surface area (Å²) in [4.78, 5) is 18.1. The monoisotopic (exact) mass is 306 g/mol. The molecule has 1 aromatic heterocycles. The van der Waals surface area contributed by atoms with Crippen molar-refractivity contribution in [3.63, 3.8) is 0 Å². The number of aryl methyl sites for hydroxylation is 1. The zero-order chi connectivity index (χ0) is 14.5. The Morgan fingerprint density at radius 3 is 2.60 bits per heavy atom. The van der Waals surface area contributed by atoms with Crippen LogP contribution in [0.3, 0.4) is 0 Å². The second-order valence-corrected chi connectivity index (χ2v) is 6.64. The van der Waals surface area contributed by atoms with Gasteiger partial charge in [0.1, 0.15) is 4.34 Å². The molecule has 2 aromatic rings. The quantitative estimate of drug-likeness (QED) is 0.787. The minimum Gasteiger partial charge on any atom is -0.342 e. The van der Waals surface area contributed by atoms with Gasteiger partial charge in [0.05, 0.1) is 0 Å². The van der Waals surface area contributed by atoms with E-state index in [-0.39, 0.29) is 5.91 Å². The molecule has 0 radical (unpaired) electrons. The molecule has 0 bridgehead atoms. The molecule has 0 atom stereocenters. The maximum Gasteiger partial charge on any atom is 0.253 e. The van der Waals surface area contributed by atoms with Crippen LogP contribution in [0.15, 0.2) is 34.0 Å². The lowest BCUT2D eigenvalue weighted by Crippen LogP contribution is -2.26. The molecular weight excluding hydrogens is 288 g/mol. The zero-order valence-electron chi connectivity index (χ0n) is 11.9. The van der Waals surface area contributed by atoms with Gasteiger partial charge in [0, 0.05) is 36.0 Å². The number of aromatic nitrogens is 1. The third-order valence-electron chi connectivity index (χ3n) is 2.98. The van der Waals surface area contributed by atoms with E-state index in [0.29, 0.717) is 0 Å². The van der Waals surface area contributed by atoms with Crippen molar-refractivity contribution in [2.75, 3.05) is 13.6 Å². The lowest BCUT2D eigenvalue weighted by Gasteiger charge is -2.14. The Morgan fingerprint density at radius 2 is 2.05 bits per heavy atom. The minimum absolute atomic E-state index is 0.0715. The van der Waals surface area contributed by atoms with Crippen molar-refractivity contribution in [1.82, 2.24) is 9.88 Å². The molecule has 0 unspecified atom stereocenters. The van der Waals surface area contributed by atoms with Crippen molar-refractivity contribution in [2.24, 2.45) is 0 Å². The largest absolute Gasteiger partial charge is 0.342 e. The first-order valence-corrected chi connectivity index (χ1v) is 8.36. The fraction of sp³-hybridized carbons (Fsp3) is 0.333. The highest BCUT2D eigenvalue weighted by Gasteiger charge is 2.09. The van der Waals surface area contributed by atoms with Gasteiger partial charge in [0.15, 0.2) is 0 Å². The van der Waals surface area contributed by atoms with Gasteiger partial charge in [-0.05, 0) is 31.5 Å². The zero-order valence-corrected chi connectivity index (χ0v) is 13.6. The van der Waals surface area contributed by atoms with Crippen molar-refractivity contribution < 1.29 is 4.79 Å². The molecule has 0 aliphatic rings. The van der Waals surface area contributed by atoms with Gasteiger partial charge in [0.25, 0.3) is 5.91 Å². The van der Waals surface area contributed by atoms with Crippen molar-refractivity contribution >= 4 is 29.0 Å².